The van der Waals surface area contributed by atoms with E-state index in [9.17, 15) is 9.59 Å². The van der Waals surface area contributed by atoms with Gasteiger partial charge in [-0.1, -0.05) is 0 Å². The first kappa shape index (κ1) is 18.0. The second-order valence-electron chi connectivity index (χ2n) is 5.89. The molecule has 0 bridgehead atoms. The van der Waals surface area contributed by atoms with Crippen LogP contribution in [0.5, 0.6) is 0 Å². The molecule has 2 amide bonds. The van der Waals surface area contributed by atoms with E-state index in [1.165, 1.54) is 0 Å². The van der Waals surface area contributed by atoms with E-state index in [0.717, 1.165) is 25.1 Å². The summed E-state index contributed by atoms with van der Waals surface area (Å²) in [6, 6.07) is 5.75. The number of nitriles is 1. The van der Waals surface area contributed by atoms with Crippen LogP contribution in [-0.2, 0) is 16.1 Å². The highest BCUT2D eigenvalue weighted by molar-refractivity contribution is 5.78. The van der Waals surface area contributed by atoms with Gasteiger partial charge >= 0.3 is 0 Å². The first-order chi connectivity index (χ1) is 11.7. The molecular formula is C17H24N4O3. The third kappa shape index (κ3) is 6.05. The van der Waals surface area contributed by atoms with Crippen molar-refractivity contribution in [1.29, 1.82) is 5.26 Å². The Balaban J connectivity index is 1.67. The van der Waals surface area contributed by atoms with Crippen molar-refractivity contribution in [3.63, 3.8) is 0 Å². The molecule has 0 saturated carbocycles. The number of carbonyl (C=O) groups excluding carboxylic acids is 2. The third-order valence-electron chi connectivity index (χ3n) is 3.96. The zero-order valence-electron chi connectivity index (χ0n) is 13.9. The fourth-order valence-corrected chi connectivity index (χ4v) is 2.74. The van der Waals surface area contributed by atoms with Crippen LogP contribution in [-0.4, -0.2) is 54.3 Å². The molecule has 0 atom stereocenters. The molecule has 1 fully saturated rings. The number of rotatable bonds is 10. The van der Waals surface area contributed by atoms with E-state index < -0.39 is 0 Å². The van der Waals surface area contributed by atoms with E-state index in [1.54, 1.807) is 12.3 Å². The van der Waals surface area contributed by atoms with E-state index in [0.29, 0.717) is 39.0 Å². The first-order valence-corrected chi connectivity index (χ1v) is 8.35. The molecular weight excluding hydrogens is 308 g/mol. The first-order valence-electron chi connectivity index (χ1n) is 8.35. The molecule has 0 radical (unpaired) electrons. The van der Waals surface area contributed by atoms with Crippen LogP contribution in [0.1, 0.15) is 31.4 Å². The van der Waals surface area contributed by atoms with Crippen molar-refractivity contribution in [1.82, 2.24) is 15.1 Å². The minimum atomic E-state index is -0.0766. The summed E-state index contributed by atoms with van der Waals surface area (Å²) >= 11 is 0. The molecule has 1 aromatic rings. The Morgan fingerprint density at radius 3 is 3.04 bits per heavy atom. The molecule has 2 heterocycles. The van der Waals surface area contributed by atoms with Crippen molar-refractivity contribution < 1.29 is 14.0 Å². The van der Waals surface area contributed by atoms with Gasteiger partial charge in [-0.25, -0.2) is 0 Å². The summed E-state index contributed by atoms with van der Waals surface area (Å²) in [7, 11) is 0. The summed E-state index contributed by atoms with van der Waals surface area (Å²) in [6.45, 7) is 3.33. The van der Waals surface area contributed by atoms with Crippen molar-refractivity contribution in [3.8, 4) is 6.07 Å². The van der Waals surface area contributed by atoms with Gasteiger partial charge < -0.3 is 14.6 Å². The lowest BCUT2D eigenvalue weighted by molar-refractivity contribution is -0.127. The van der Waals surface area contributed by atoms with E-state index in [-0.39, 0.29) is 18.4 Å². The van der Waals surface area contributed by atoms with Gasteiger partial charge in [0.25, 0.3) is 0 Å². The van der Waals surface area contributed by atoms with Gasteiger partial charge in [-0.2, -0.15) is 5.26 Å². The van der Waals surface area contributed by atoms with Gasteiger partial charge in [0.1, 0.15) is 5.76 Å². The number of hydrogen-bond donors (Lipinski definition) is 1. The number of amides is 2. The van der Waals surface area contributed by atoms with Crippen molar-refractivity contribution in [2.24, 2.45) is 0 Å². The summed E-state index contributed by atoms with van der Waals surface area (Å²) in [4.78, 5) is 27.3. The molecule has 2 rings (SSSR count). The molecule has 1 aliphatic heterocycles. The summed E-state index contributed by atoms with van der Waals surface area (Å²) in [5.74, 6) is 0.906. The third-order valence-corrected chi connectivity index (χ3v) is 3.96. The van der Waals surface area contributed by atoms with E-state index in [1.807, 2.05) is 15.9 Å². The zero-order valence-corrected chi connectivity index (χ0v) is 13.9. The molecule has 0 unspecified atom stereocenters. The lowest BCUT2D eigenvalue weighted by Crippen LogP contribution is -2.38. The van der Waals surface area contributed by atoms with Crippen molar-refractivity contribution in [2.45, 2.75) is 32.2 Å². The molecule has 1 aliphatic rings. The number of likely N-dealkylation sites (tertiary alicyclic amines) is 1. The van der Waals surface area contributed by atoms with Crippen LogP contribution in [0.3, 0.4) is 0 Å². The number of nitrogens with zero attached hydrogens (tertiary/aromatic N) is 3. The average molecular weight is 332 g/mol. The highest BCUT2D eigenvalue weighted by Gasteiger charge is 2.19. The highest BCUT2D eigenvalue weighted by atomic mass is 16.3. The molecule has 130 valence electrons. The largest absolute Gasteiger partial charge is 0.468 e. The van der Waals surface area contributed by atoms with Crippen LogP contribution in [0.25, 0.3) is 0 Å². The lowest BCUT2D eigenvalue weighted by atomic mass is 10.3. The van der Waals surface area contributed by atoms with Crippen LogP contribution in [0.4, 0.5) is 0 Å². The minimum Gasteiger partial charge on any atom is -0.468 e. The Morgan fingerprint density at radius 1 is 1.50 bits per heavy atom. The number of nitrogens with one attached hydrogen (secondary N) is 1. The standard InChI is InChI=1S/C17H24N4O3/c18-7-3-9-20(13-15-5-2-12-24-15)14-16(22)19-8-4-11-21-10-1-6-17(21)23/h2,5,12H,1,3-4,6,8-11,13-14H2,(H,19,22). The second-order valence-corrected chi connectivity index (χ2v) is 5.89. The summed E-state index contributed by atoms with van der Waals surface area (Å²) in [5.41, 5.74) is 0. The van der Waals surface area contributed by atoms with Gasteiger partial charge in [0.15, 0.2) is 0 Å². The minimum absolute atomic E-state index is 0.0766. The maximum absolute atomic E-state index is 12.1. The van der Waals surface area contributed by atoms with Gasteiger partial charge in [-0.15, -0.1) is 0 Å². The van der Waals surface area contributed by atoms with Gasteiger partial charge in [0, 0.05) is 39.0 Å². The molecule has 0 aliphatic carbocycles. The Labute approximate surface area is 142 Å². The monoisotopic (exact) mass is 332 g/mol. The highest BCUT2D eigenvalue weighted by Crippen LogP contribution is 2.09. The number of hydrogen-bond acceptors (Lipinski definition) is 5. The molecule has 1 saturated heterocycles. The smallest absolute Gasteiger partial charge is 0.234 e. The lowest BCUT2D eigenvalue weighted by Gasteiger charge is -2.20. The van der Waals surface area contributed by atoms with Crippen LogP contribution in [0, 0.1) is 11.3 Å². The van der Waals surface area contributed by atoms with Crippen molar-refractivity contribution in [3.05, 3.63) is 24.2 Å². The van der Waals surface area contributed by atoms with Crippen LogP contribution in [0.2, 0.25) is 0 Å². The molecule has 1 N–H and O–H groups in total. The second kappa shape index (κ2) is 9.73. The molecule has 0 spiro atoms. The Kier molecular flexibility index (Phi) is 7.30. The summed E-state index contributed by atoms with van der Waals surface area (Å²) < 4.78 is 5.30. The summed E-state index contributed by atoms with van der Waals surface area (Å²) in [6.07, 6.45) is 4.30. The fraction of sp³-hybridized carbons (Fsp3) is 0.588. The average Bonchev–Trinajstić information content (AvgIpc) is 3.21. The maximum atomic E-state index is 12.1. The molecule has 7 heteroatoms. The predicted molar refractivity (Wildman–Crippen MR) is 87.7 cm³/mol. The van der Waals surface area contributed by atoms with Crippen LogP contribution < -0.4 is 5.32 Å². The summed E-state index contributed by atoms with van der Waals surface area (Å²) in [5, 5.41) is 11.6. The topological polar surface area (TPSA) is 89.6 Å². The zero-order chi connectivity index (χ0) is 17.2. The van der Waals surface area contributed by atoms with Gasteiger partial charge in [-0.05, 0) is 25.0 Å². The molecule has 7 nitrogen and oxygen atoms in total. The predicted octanol–water partition coefficient (Wildman–Crippen LogP) is 1.12. The van der Waals surface area contributed by atoms with Gasteiger partial charge in [0.2, 0.25) is 11.8 Å². The van der Waals surface area contributed by atoms with Gasteiger partial charge in [0.05, 0.1) is 25.4 Å². The normalized spacial score (nSPS) is 14.2. The molecule has 0 aromatic carbocycles. The van der Waals surface area contributed by atoms with Crippen molar-refractivity contribution in [2.75, 3.05) is 32.7 Å². The van der Waals surface area contributed by atoms with Crippen molar-refractivity contribution >= 4 is 11.8 Å². The maximum Gasteiger partial charge on any atom is 0.234 e. The Hall–Kier alpha value is -2.33. The Morgan fingerprint density at radius 2 is 2.38 bits per heavy atom. The molecule has 1 aromatic heterocycles. The molecule has 24 heavy (non-hydrogen) atoms. The van der Waals surface area contributed by atoms with E-state index in [4.69, 9.17) is 9.68 Å². The number of furan rings is 1. The van der Waals surface area contributed by atoms with E-state index >= 15 is 0 Å². The van der Waals surface area contributed by atoms with Gasteiger partial charge in [-0.3, -0.25) is 14.5 Å². The quantitative estimate of drug-likeness (QED) is 0.649. The Bertz CT molecular complexity index is 565. The van der Waals surface area contributed by atoms with Crippen LogP contribution in [0.15, 0.2) is 22.8 Å². The fourth-order valence-electron chi connectivity index (χ4n) is 2.74. The SMILES string of the molecule is N#CCCN(CC(=O)NCCCN1CCCC1=O)Cc1ccco1. The van der Waals surface area contributed by atoms with Crippen LogP contribution >= 0.6 is 0 Å². The van der Waals surface area contributed by atoms with E-state index in [2.05, 4.69) is 11.4 Å². The number of carbonyl (C=O) groups is 2.